The monoisotopic (exact) mass is 257 g/mol. The van der Waals surface area contributed by atoms with Crippen LogP contribution in [-0.4, -0.2) is 14.3 Å². The first kappa shape index (κ1) is 13.7. The van der Waals surface area contributed by atoms with E-state index >= 15 is 0 Å². The van der Waals surface area contributed by atoms with Crippen LogP contribution in [0.1, 0.15) is 23.6 Å². The molecule has 0 saturated carbocycles. The van der Waals surface area contributed by atoms with E-state index in [4.69, 9.17) is 0 Å². The molecular formula is C11H15NO4S. The largest absolute Gasteiger partial charge is 0.318 e. The van der Waals surface area contributed by atoms with Crippen molar-refractivity contribution in [2.45, 2.75) is 32.6 Å². The number of benzene rings is 1. The average Bonchev–Trinajstić information content (AvgIpc) is 2.12. The topological polar surface area (TPSA) is 72.5 Å². The van der Waals surface area contributed by atoms with Crippen LogP contribution in [0.3, 0.4) is 0 Å². The maximum atomic E-state index is 11.9. The zero-order valence-electron chi connectivity index (χ0n) is 10.2. The molecule has 0 aliphatic heterocycles. The van der Waals surface area contributed by atoms with Crippen LogP contribution >= 0.6 is 0 Å². The summed E-state index contributed by atoms with van der Waals surface area (Å²) in [5.74, 6) is -0.573. The second kappa shape index (κ2) is 4.85. The lowest BCUT2D eigenvalue weighted by Crippen LogP contribution is -2.25. The minimum atomic E-state index is -3.97. The fourth-order valence-electron chi connectivity index (χ4n) is 1.72. The third-order valence-corrected chi connectivity index (χ3v) is 3.60. The molecule has 0 aliphatic carbocycles. The van der Waals surface area contributed by atoms with Gasteiger partial charge in [0.05, 0.1) is 0 Å². The molecule has 0 aromatic heterocycles. The van der Waals surface area contributed by atoms with E-state index in [0.29, 0.717) is 11.1 Å². The Balaban J connectivity index is 3.20. The molecule has 0 radical (unpaired) electrons. The molecule has 0 bridgehead atoms. The predicted octanol–water partition coefficient (Wildman–Crippen LogP) is 1.37. The van der Waals surface area contributed by atoms with Crippen molar-refractivity contribution in [3.63, 3.8) is 0 Å². The van der Waals surface area contributed by atoms with Crippen molar-refractivity contribution in [1.29, 1.82) is 0 Å². The Bertz CT molecular complexity index is 526. The molecule has 0 aliphatic rings. The second-order valence-electron chi connectivity index (χ2n) is 3.92. The lowest BCUT2D eigenvalue weighted by Gasteiger charge is -2.11. The Hall–Kier alpha value is -1.40. The molecule has 1 aromatic carbocycles. The third-order valence-electron chi connectivity index (χ3n) is 2.15. The molecule has 5 nitrogen and oxygen atoms in total. The maximum absolute atomic E-state index is 11.9. The summed E-state index contributed by atoms with van der Waals surface area (Å²) in [6, 6.07) is 3.49. The van der Waals surface area contributed by atoms with Crippen LogP contribution in [0.2, 0.25) is 0 Å². The van der Waals surface area contributed by atoms with Gasteiger partial charge >= 0.3 is 10.1 Å². The van der Waals surface area contributed by atoms with Gasteiger partial charge in [0.2, 0.25) is 5.91 Å². The number of rotatable bonds is 3. The molecular weight excluding hydrogens is 242 g/mol. The van der Waals surface area contributed by atoms with Crippen molar-refractivity contribution in [1.82, 2.24) is 5.48 Å². The minimum Gasteiger partial charge on any atom is -0.273 e. The van der Waals surface area contributed by atoms with Crippen LogP contribution < -0.4 is 5.48 Å². The fraction of sp³-hybridized carbons (Fsp3) is 0.364. The highest BCUT2D eigenvalue weighted by Gasteiger charge is 2.21. The van der Waals surface area contributed by atoms with Crippen molar-refractivity contribution in [2.24, 2.45) is 0 Å². The molecule has 0 fully saturated rings. The minimum absolute atomic E-state index is 0.0943. The van der Waals surface area contributed by atoms with Gasteiger partial charge < -0.3 is 0 Å². The van der Waals surface area contributed by atoms with Gasteiger partial charge in [0.25, 0.3) is 0 Å². The summed E-state index contributed by atoms with van der Waals surface area (Å²) in [5, 5.41) is 0. The van der Waals surface area contributed by atoms with E-state index in [1.54, 1.807) is 26.0 Å². The van der Waals surface area contributed by atoms with Gasteiger partial charge in [0.15, 0.2) is 0 Å². The number of hydrogen-bond donors (Lipinski definition) is 1. The second-order valence-corrected chi connectivity index (χ2v) is 5.41. The molecule has 0 saturated heterocycles. The number of hydrogen-bond acceptors (Lipinski definition) is 4. The molecule has 0 heterocycles. The Labute approximate surface area is 101 Å². The normalized spacial score (nSPS) is 11.3. The summed E-state index contributed by atoms with van der Waals surface area (Å²) in [7, 11) is -3.97. The SMILES string of the molecule is CC(=O)NOS(=O)(=O)c1c(C)cc(C)cc1C. The fourth-order valence-corrected chi connectivity index (χ4v) is 2.93. The van der Waals surface area contributed by atoms with Crippen molar-refractivity contribution < 1.29 is 17.5 Å². The lowest BCUT2D eigenvalue weighted by atomic mass is 10.1. The number of aryl methyl sites for hydroxylation is 3. The highest BCUT2D eigenvalue weighted by Crippen LogP contribution is 2.22. The molecule has 1 aromatic rings. The zero-order valence-corrected chi connectivity index (χ0v) is 11.0. The summed E-state index contributed by atoms with van der Waals surface area (Å²) in [4.78, 5) is 10.7. The summed E-state index contributed by atoms with van der Waals surface area (Å²) < 4.78 is 28.2. The van der Waals surface area contributed by atoms with Gasteiger partial charge in [-0.05, 0) is 31.9 Å². The quantitative estimate of drug-likeness (QED) is 0.830. The van der Waals surface area contributed by atoms with Crippen molar-refractivity contribution >= 4 is 16.0 Å². The molecule has 1 N–H and O–H groups in total. The van der Waals surface area contributed by atoms with Crippen LogP contribution in [-0.2, 0) is 19.2 Å². The zero-order chi connectivity index (χ0) is 13.2. The van der Waals surface area contributed by atoms with E-state index in [2.05, 4.69) is 4.28 Å². The van der Waals surface area contributed by atoms with Gasteiger partial charge in [-0.1, -0.05) is 17.7 Å². The molecule has 1 amide bonds. The molecule has 6 heteroatoms. The van der Waals surface area contributed by atoms with Gasteiger partial charge in [-0.2, -0.15) is 8.42 Å². The lowest BCUT2D eigenvalue weighted by molar-refractivity contribution is -0.125. The van der Waals surface area contributed by atoms with Crippen LogP contribution in [0, 0.1) is 20.8 Å². The van der Waals surface area contributed by atoms with Crippen LogP contribution in [0.15, 0.2) is 17.0 Å². The van der Waals surface area contributed by atoms with Gasteiger partial charge in [0, 0.05) is 6.92 Å². The smallest absolute Gasteiger partial charge is 0.273 e. The van der Waals surface area contributed by atoms with Crippen molar-refractivity contribution in [3.05, 3.63) is 28.8 Å². The highest BCUT2D eigenvalue weighted by molar-refractivity contribution is 7.86. The van der Waals surface area contributed by atoms with E-state index in [9.17, 15) is 13.2 Å². The van der Waals surface area contributed by atoms with Crippen molar-refractivity contribution in [2.75, 3.05) is 0 Å². The summed E-state index contributed by atoms with van der Waals surface area (Å²) in [6.07, 6.45) is 0. The number of amides is 1. The molecule has 17 heavy (non-hydrogen) atoms. The molecule has 94 valence electrons. The van der Waals surface area contributed by atoms with E-state index in [0.717, 1.165) is 5.56 Å². The third kappa shape index (κ3) is 3.28. The number of nitrogens with one attached hydrogen (secondary N) is 1. The summed E-state index contributed by atoms with van der Waals surface area (Å²) in [5.41, 5.74) is 3.98. The van der Waals surface area contributed by atoms with Crippen LogP contribution in [0.4, 0.5) is 0 Å². The highest BCUT2D eigenvalue weighted by atomic mass is 32.2. The van der Waals surface area contributed by atoms with Crippen LogP contribution in [0.25, 0.3) is 0 Å². The summed E-state index contributed by atoms with van der Waals surface area (Å²) in [6.45, 7) is 6.42. The van der Waals surface area contributed by atoms with Gasteiger partial charge in [0.1, 0.15) is 4.90 Å². The Kier molecular flexibility index (Phi) is 3.90. The molecule has 0 spiro atoms. The molecule has 0 atom stereocenters. The van der Waals surface area contributed by atoms with E-state index in [1.165, 1.54) is 6.92 Å². The average molecular weight is 257 g/mol. The number of carbonyl (C=O) groups excluding carboxylic acids is 1. The van der Waals surface area contributed by atoms with Gasteiger partial charge in [-0.25, -0.2) is 5.48 Å². The number of carbonyl (C=O) groups is 1. The van der Waals surface area contributed by atoms with E-state index in [-0.39, 0.29) is 4.90 Å². The Morgan fingerprint density at radius 2 is 1.65 bits per heavy atom. The molecule has 1 rings (SSSR count). The Morgan fingerprint density at radius 1 is 1.18 bits per heavy atom. The van der Waals surface area contributed by atoms with E-state index < -0.39 is 16.0 Å². The first-order valence-electron chi connectivity index (χ1n) is 5.02. The Morgan fingerprint density at radius 3 is 2.06 bits per heavy atom. The summed E-state index contributed by atoms with van der Waals surface area (Å²) >= 11 is 0. The predicted molar refractivity (Wildman–Crippen MR) is 62.7 cm³/mol. The standard InChI is InChI=1S/C11H15NO4S/c1-7-5-8(2)11(9(3)6-7)17(14,15)16-12-10(4)13/h5-6H,1-4H3,(H,12,13). The molecule has 0 unspecified atom stereocenters. The van der Waals surface area contributed by atoms with Crippen LogP contribution in [0.5, 0.6) is 0 Å². The maximum Gasteiger partial charge on any atom is 0.318 e. The van der Waals surface area contributed by atoms with Crippen molar-refractivity contribution in [3.8, 4) is 0 Å². The van der Waals surface area contributed by atoms with E-state index in [1.807, 2.05) is 12.4 Å². The first-order chi connectivity index (χ1) is 7.74. The number of hydroxylamine groups is 1. The first-order valence-corrected chi connectivity index (χ1v) is 6.43. The van der Waals surface area contributed by atoms with Gasteiger partial charge in [-0.15, -0.1) is 4.28 Å². The van der Waals surface area contributed by atoms with Gasteiger partial charge in [-0.3, -0.25) is 4.79 Å².